The smallest absolute Gasteiger partial charge is 0.292 e. The third kappa shape index (κ3) is 3.20. The van der Waals surface area contributed by atoms with E-state index in [1.54, 1.807) is 0 Å². The topological polar surface area (TPSA) is 88.2 Å². The molecule has 6 nitrogen and oxygen atoms in total. The highest BCUT2D eigenvalue weighted by molar-refractivity contribution is 5.64. The van der Waals surface area contributed by atoms with Crippen LogP contribution in [0.1, 0.15) is 25.3 Å². The Morgan fingerprint density at radius 2 is 2.37 bits per heavy atom. The van der Waals surface area contributed by atoms with Crippen molar-refractivity contribution >= 4 is 11.4 Å². The molecule has 0 radical (unpaired) electrons. The first-order valence-electron chi connectivity index (χ1n) is 6.17. The van der Waals surface area contributed by atoms with Crippen LogP contribution < -0.4 is 5.32 Å². The Balaban J connectivity index is 2.22. The van der Waals surface area contributed by atoms with Gasteiger partial charge in [-0.2, -0.15) is 5.26 Å². The fourth-order valence-corrected chi connectivity index (χ4v) is 2.23. The first kappa shape index (κ1) is 13.3. The van der Waals surface area contributed by atoms with Crippen molar-refractivity contribution in [3.05, 3.63) is 33.9 Å². The Hall–Kier alpha value is -2.13. The predicted octanol–water partition coefficient (Wildman–Crippen LogP) is 2.45. The van der Waals surface area contributed by atoms with E-state index in [1.165, 1.54) is 18.2 Å². The second kappa shape index (κ2) is 5.67. The maximum atomic E-state index is 11.0. The second-order valence-corrected chi connectivity index (χ2v) is 4.65. The van der Waals surface area contributed by atoms with Gasteiger partial charge in [0.1, 0.15) is 5.69 Å². The van der Waals surface area contributed by atoms with Crippen LogP contribution in [-0.4, -0.2) is 23.7 Å². The lowest BCUT2D eigenvalue weighted by Gasteiger charge is -2.28. The molecule has 0 aromatic heterocycles. The molecule has 1 fully saturated rings. The number of nitriles is 1. The largest absolute Gasteiger partial charge is 0.378 e. The Morgan fingerprint density at radius 3 is 3.00 bits per heavy atom. The number of nitrogens with one attached hydrogen (secondary N) is 1. The van der Waals surface area contributed by atoms with Crippen molar-refractivity contribution in [1.82, 2.24) is 0 Å². The van der Waals surface area contributed by atoms with Gasteiger partial charge in [0, 0.05) is 18.7 Å². The molecule has 2 unspecified atom stereocenters. The van der Waals surface area contributed by atoms with Gasteiger partial charge < -0.3 is 10.1 Å². The minimum Gasteiger partial charge on any atom is -0.378 e. The highest BCUT2D eigenvalue weighted by Crippen LogP contribution is 2.28. The summed E-state index contributed by atoms with van der Waals surface area (Å²) in [6.07, 6.45) is 1.75. The van der Waals surface area contributed by atoms with Gasteiger partial charge in [0.15, 0.2) is 0 Å². The van der Waals surface area contributed by atoms with E-state index in [-0.39, 0.29) is 17.8 Å². The van der Waals surface area contributed by atoms with E-state index >= 15 is 0 Å². The van der Waals surface area contributed by atoms with Gasteiger partial charge in [-0.05, 0) is 31.9 Å². The first-order chi connectivity index (χ1) is 9.10. The molecule has 0 bridgehead atoms. The number of rotatable bonds is 3. The SMILES string of the molecule is CC1CC(Nc2cc(C#N)ccc2[N+](=O)[O-])CCO1. The van der Waals surface area contributed by atoms with Crippen LogP contribution in [0.3, 0.4) is 0 Å². The monoisotopic (exact) mass is 261 g/mol. The highest BCUT2D eigenvalue weighted by Gasteiger charge is 2.22. The molecule has 1 N–H and O–H groups in total. The van der Waals surface area contributed by atoms with Crippen LogP contribution in [0.2, 0.25) is 0 Å². The summed E-state index contributed by atoms with van der Waals surface area (Å²) in [5.41, 5.74) is 0.814. The summed E-state index contributed by atoms with van der Waals surface area (Å²) in [5.74, 6) is 0. The van der Waals surface area contributed by atoms with Crippen molar-refractivity contribution in [2.24, 2.45) is 0 Å². The Morgan fingerprint density at radius 1 is 1.58 bits per heavy atom. The minimum atomic E-state index is -0.438. The molecule has 1 heterocycles. The molecule has 19 heavy (non-hydrogen) atoms. The molecule has 100 valence electrons. The van der Waals surface area contributed by atoms with Gasteiger partial charge in [-0.3, -0.25) is 10.1 Å². The summed E-state index contributed by atoms with van der Waals surface area (Å²) in [5, 5.41) is 23.0. The van der Waals surface area contributed by atoms with E-state index in [4.69, 9.17) is 10.00 Å². The lowest BCUT2D eigenvalue weighted by Crippen LogP contribution is -2.32. The zero-order valence-corrected chi connectivity index (χ0v) is 10.6. The molecule has 1 aromatic rings. The Labute approximate surface area is 111 Å². The molecule has 1 saturated heterocycles. The number of hydrogen-bond donors (Lipinski definition) is 1. The standard InChI is InChI=1S/C13H15N3O3/c1-9-6-11(4-5-19-9)15-12-7-10(8-14)2-3-13(12)16(17)18/h2-3,7,9,11,15H,4-6H2,1H3. The fourth-order valence-electron chi connectivity index (χ4n) is 2.23. The van der Waals surface area contributed by atoms with Gasteiger partial charge in [-0.15, -0.1) is 0 Å². The van der Waals surface area contributed by atoms with Gasteiger partial charge >= 0.3 is 0 Å². The number of ether oxygens (including phenoxy) is 1. The summed E-state index contributed by atoms with van der Waals surface area (Å²) in [7, 11) is 0. The van der Waals surface area contributed by atoms with Gasteiger partial charge in [-0.25, -0.2) is 0 Å². The average Bonchev–Trinajstić information content (AvgIpc) is 2.38. The zero-order chi connectivity index (χ0) is 13.8. The van der Waals surface area contributed by atoms with E-state index in [0.29, 0.717) is 17.9 Å². The highest BCUT2D eigenvalue weighted by atomic mass is 16.6. The molecule has 0 aliphatic carbocycles. The first-order valence-corrected chi connectivity index (χ1v) is 6.17. The lowest BCUT2D eigenvalue weighted by atomic mass is 10.0. The summed E-state index contributed by atoms with van der Waals surface area (Å²) in [6.45, 7) is 2.62. The number of nitro groups is 1. The number of nitrogens with zero attached hydrogens (tertiary/aromatic N) is 2. The van der Waals surface area contributed by atoms with Gasteiger partial charge in [0.05, 0.1) is 22.7 Å². The van der Waals surface area contributed by atoms with E-state index in [9.17, 15) is 10.1 Å². The predicted molar refractivity (Wildman–Crippen MR) is 69.9 cm³/mol. The van der Waals surface area contributed by atoms with E-state index in [0.717, 1.165) is 12.8 Å². The molecule has 0 saturated carbocycles. The zero-order valence-electron chi connectivity index (χ0n) is 10.6. The van der Waals surface area contributed by atoms with Crippen molar-refractivity contribution < 1.29 is 9.66 Å². The molecular formula is C13H15N3O3. The van der Waals surface area contributed by atoms with Crippen LogP contribution >= 0.6 is 0 Å². The molecule has 1 aromatic carbocycles. The fraction of sp³-hybridized carbons (Fsp3) is 0.462. The van der Waals surface area contributed by atoms with Crippen molar-refractivity contribution in [2.75, 3.05) is 11.9 Å². The molecule has 2 rings (SSSR count). The maximum Gasteiger partial charge on any atom is 0.292 e. The van der Waals surface area contributed by atoms with Crippen molar-refractivity contribution in [2.45, 2.75) is 31.9 Å². The summed E-state index contributed by atoms with van der Waals surface area (Å²) < 4.78 is 5.44. The maximum absolute atomic E-state index is 11.0. The van der Waals surface area contributed by atoms with Crippen LogP contribution in [0.5, 0.6) is 0 Å². The number of nitro benzene ring substituents is 1. The van der Waals surface area contributed by atoms with Crippen LogP contribution in [0.15, 0.2) is 18.2 Å². The third-order valence-corrected chi connectivity index (χ3v) is 3.17. The van der Waals surface area contributed by atoms with E-state index in [1.807, 2.05) is 13.0 Å². The molecule has 0 amide bonds. The molecule has 2 atom stereocenters. The van der Waals surface area contributed by atoms with Crippen molar-refractivity contribution in [1.29, 1.82) is 5.26 Å². The number of hydrogen-bond acceptors (Lipinski definition) is 5. The summed E-state index contributed by atoms with van der Waals surface area (Å²) >= 11 is 0. The Kier molecular flexibility index (Phi) is 3.97. The average molecular weight is 261 g/mol. The summed E-state index contributed by atoms with van der Waals surface area (Å²) in [4.78, 5) is 10.5. The summed E-state index contributed by atoms with van der Waals surface area (Å²) in [6, 6.07) is 6.47. The molecule has 6 heteroatoms. The number of anilines is 1. The van der Waals surface area contributed by atoms with Crippen LogP contribution in [0, 0.1) is 21.4 Å². The van der Waals surface area contributed by atoms with Crippen LogP contribution in [0.25, 0.3) is 0 Å². The molecule has 1 aliphatic heterocycles. The normalized spacial score (nSPS) is 22.5. The van der Waals surface area contributed by atoms with Gasteiger partial charge in [0.25, 0.3) is 5.69 Å². The van der Waals surface area contributed by atoms with Crippen LogP contribution in [0.4, 0.5) is 11.4 Å². The van der Waals surface area contributed by atoms with Gasteiger partial charge in [-0.1, -0.05) is 0 Å². The molecule has 0 spiro atoms. The third-order valence-electron chi connectivity index (χ3n) is 3.17. The van der Waals surface area contributed by atoms with E-state index < -0.39 is 4.92 Å². The quantitative estimate of drug-likeness (QED) is 0.666. The number of benzene rings is 1. The lowest BCUT2D eigenvalue weighted by molar-refractivity contribution is -0.384. The molecule has 1 aliphatic rings. The van der Waals surface area contributed by atoms with Crippen molar-refractivity contribution in [3.63, 3.8) is 0 Å². The van der Waals surface area contributed by atoms with Gasteiger partial charge in [0.2, 0.25) is 0 Å². The van der Waals surface area contributed by atoms with Crippen LogP contribution in [-0.2, 0) is 4.74 Å². The molecular weight excluding hydrogens is 246 g/mol. The second-order valence-electron chi connectivity index (χ2n) is 4.65. The minimum absolute atomic E-state index is 0.00172. The Bertz CT molecular complexity index is 524. The van der Waals surface area contributed by atoms with Crippen molar-refractivity contribution in [3.8, 4) is 6.07 Å². The van der Waals surface area contributed by atoms with E-state index in [2.05, 4.69) is 5.32 Å².